The molecule has 0 aliphatic carbocycles. The van der Waals surface area contributed by atoms with Gasteiger partial charge in [-0.25, -0.2) is 0 Å². The Labute approximate surface area is 139 Å². The number of ether oxygens (including phenoxy) is 2. The van der Waals surface area contributed by atoms with E-state index >= 15 is 0 Å². The van der Waals surface area contributed by atoms with Crippen LogP contribution in [0.25, 0.3) is 0 Å². The molecule has 2 rings (SSSR count). The van der Waals surface area contributed by atoms with Gasteiger partial charge in [-0.15, -0.1) is 0 Å². The fourth-order valence-electron chi connectivity index (χ4n) is 2.27. The first kappa shape index (κ1) is 16.5. The van der Waals surface area contributed by atoms with E-state index in [1.807, 2.05) is 26.8 Å². The molecule has 0 amide bonds. The molecule has 1 aromatic carbocycles. The fraction of sp³-hybridized carbons (Fsp3) is 0.562. The van der Waals surface area contributed by atoms with Crippen molar-refractivity contribution in [3.63, 3.8) is 0 Å². The maximum absolute atomic E-state index is 11.6. The molecule has 0 saturated carbocycles. The Balaban J connectivity index is 1.76. The first-order valence-electron chi connectivity index (χ1n) is 7.21. The van der Waals surface area contributed by atoms with Crippen LogP contribution < -0.4 is 10.1 Å². The second kappa shape index (κ2) is 6.96. The summed E-state index contributed by atoms with van der Waals surface area (Å²) < 4.78 is 12.4. The lowest BCUT2D eigenvalue weighted by Gasteiger charge is -2.26. The monoisotopic (exact) mass is 403 g/mol. The number of esters is 1. The highest BCUT2D eigenvalue weighted by Gasteiger charge is 2.20. The molecule has 1 heterocycles. The van der Waals surface area contributed by atoms with Crippen LogP contribution in [0.4, 0.5) is 0 Å². The highest BCUT2D eigenvalue weighted by molar-refractivity contribution is 14.1. The molecule has 1 atom stereocenters. The van der Waals surface area contributed by atoms with Gasteiger partial charge >= 0.3 is 5.97 Å². The van der Waals surface area contributed by atoms with Crippen molar-refractivity contribution in [2.24, 2.45) is 0 Å². The smallest absolute Gasteiger partial charge is 0.320 e. The van der Waals surface area contributed by atoms with Gasteiger partial charge in [0.1, 0.15) is 17.5 Å². The molecule has 0 bridgehead atoms. The molecule has 0 saturated heterocycles. The lowest BCUT2D eigenvalue weighted by atomic mass is 10.0. The summed E-state index contributed by atoms with van der Waals surface area (Å²) in [5.74, 6) is 0.735. The van der Waals surface area contributed by atoms with Crippen LogP contribution in [-0.4, -0.2) is 30.8 Å². The topological polar surface area (TPSA) is 47.6 Å². The van der Waals surface area contributed by atoms with E-state index < -0.39 is 5.60 Å². The Bertz CT molecular complexity index is 511. The van der Waals surface area contributed by atoms with Crippen molar-refractivity contribution in [3.8, 4) is 5.75 Å². The summed E-state index contributed by atoms with van der Waals surface area (Å²) in [7, 11) is 0. The average molecular weight is 403 g/mol. The first-order chi connectivity index (χ1) is 9.83. The molecule has 0 fully saturated rings. The van der Waals surface area contributed by atoms with Gasteiger partial charge in [0.25, 0.3) is 0 Å². The number of halogens is 1. The maximum atomic E-state index is 11.6. The van der Waals surface area contributed by atoms with Gasteiger partial charge in [0, 0.05) is 10.1 Å². The molecule has 0 radical (unpaired) electrons. The van der Waals surface area contributed by atoms with E-state index in [0.29, 0.717) is 6.54 Å². The number of hydrogen-bond donors (Lipinski definition) is 1. The molecule has 1 aromatic rings. The lowest BCUT2D eigenvalue weighted by Crippen LogP contribution is -2.38. The van der Waals surface area contributed by atoms with Crippen LogP contribution in [0.3, 0.4) is 0 Å². The van der Waals surface area contributed by atoms with Gasteiger partial charge < -0.3 is 14.8 Å². The predicted molar refractivity (Wildman–Crippen MR) is 90.6 cm³/mol. The van der Waals surface area contributed by atoms with Gasteiger partial charge in [0.2, 0.25) is 0 Å². The number of hydrogen-bond acceptors (Lipinski definition) is 4. The number of nitrogens with one attached hydrogen (secondary N) is 1. The molecular weight excluding hydrogens is 381 g/mol. The molecule has 1 N–H and O–H groups in total. The molecular formula is C16H22INO3. The minimum atomic E-state index is -0.434. The van der Waals surface area contributed by atoms with Gasteiger partial charge in [0.05, 0.1) is 6.54 Å². The maximum Gasteiger partial charge on any atom is 0.320 e. The van der Waals surface area contributed by atoms with E-state index in [1.54, 1.807) is 0 Å². The van der Waals surface area contributed by atoms with Crippen LogP contribution in [-0.2, 0) is 16.0 Å². The Morgan fingerprint density at radius 3 is 2.95 bits per heavy atom. The SMILES string of the molecule is CC(C)(C)OC(=O)CNC[C@H]1CCc2cc(I)ccc2O1. The summed E-state index contributed by atoms with van der Waals surface area (Å²) in [6, 6.07) is 6.24. The highest BCUT2D eigenvalue weighted by Crippen LogP contribution is 2.28. The van der Waals surface area contributed by atoms with Gasteiger partial charge in [-0.2, -0.15) is 0 Å². The second-order valence-corrected chi connectivity index (χ2v) is 7.49. The standard InChI is InChI=1S/C16H22INO3/c1-16(2,3)21-15(19)10-18-9-13-6-4-11-8-12(17)5-7-14(11)20-13/h5,7-8,13,18H,4,6,9-10H2,1-3H3/t13-/m1/s1. The summed E-state index contributed by atoms with van der Waals surface area (Å²) in [6.07, 6.45) is 2.10. The summed E-state index contributed by atoms with van der Waals surface area (Å²) in [6.45, 7) is 6.48. The number of aryl methyl sites for hydroxylation is 1. The number of rotatable bonds is 4. The van der Waals surface area contributed by atoms with E-state index in [1.165, 1.54) is 9.13 Å². The summed E-state index contributed by atoms with van der Waals surface area (Å²) >= 11 is 2.31. The van der Waals surface area contributed by atoms with Gasteiger partial charge in [-0.1, -0.05) is 0 Å². The molecule has 116 valence electrons. The first-order valence-corrected chi connectivity index (χ1v) is 8.29. The molecule has 1 aliphatic rings. The third-order valence-electron chi connectivity index (χ3n) is 3.11. The normalized spacial score (nSPS) is 17.8. The zero-order valence-corrected chi connectivity index (χ0v) is 14.9. The zero-order chi connectivity index (χ0) is 15.5. The van der Waals surface area contributed by atoms with Crippen molar-refractivity contribution in [3.05, 3.63) is 27.3 Å². The highest BCUT2D eigenvalue weighted by atomic mass is 127. The quantitative estimate of drug-likeness (QED) is 0.621. The Morgan fingerprint density at radius 1 is 1.48 bits per heavy atom. The zero-order valence-electron chi connectivity index (χ0n) is 12.7. The number of carbonyl (C=O) groups is 1. The van der Waals surface area contributed by atoms with Crippen molar-refractivity contribution < 1.29 is 14.3 Å². The van der Waals surface area contributed by atoms with Gasteiger partial charge in [-0.05, 0) is 80.0 Å². The van der Waals surface area contributed by atoms with E-state index in [9.17, 15) is 4.79 Å². The van der Waals surface area contributed by atoms with Crippen molar-refractivity contribution in [1.29, 1.82) is 0 Å². The van der Waals surface area contributed by atoms with Crippen LogP contribution >= 0.6 is 22.6 Å². The lowest BCUT2D eigenvalue weighted by molar-refractivity contribution is -0.153. The van der Waals surface area contributed by atoms with Gasteiger partial charge in [0.15, 0.2) is 0 Å². The van der Waals surface area contributed by atoms with Crippen molar-refractivity contribution in [2.75, 3.05) is 13.1 Å². The molecule has 0 aromatic heterocycles. The van der Waals surface area contributed by atoms with Crippen LogP contribution in [0, 0.1) is 3.57 Å². The summed E-state index contributed by atoms with van der Waals surface area (Å²) in [5.41, 5.74) is 0.834. The molecule has 21 heavy (non-hydrogen) atoms. The van der Waals surface area contributed by atoms with Crippen molar-refractivity contribution >= 4 is 28.6 Å². The van der Waals surface area contributed by atoms with Crippen LogP contribution in [0.5, 0.6) is 5.75 Å². The molecule has 1 aliphatic heterocycles. The largest absolute Gasteiger partial charge is 0.489 e. The van der Waals surface area contributed by atoms with Crippen LogP contribution in [0.2, 0.25) is 0 Å². The Kier molecular flexibility index (Phi) is 5.48. The summed E-state index contributed by atoms with van der Waals surface area (Å²) in [4.78, 5) is 11.6. The van der Waals surface area contributed by atoms with Crippen LogP contribution in [0.15, 0.2) is 18.2 Å². The van der Waals surface area contributed by atoms with Crippen molar-refractivity contribution in [1.82, 2.24) is 5.32 Å². The molecule has 0 unspecified atom stereocenters. The third kappa shape index (κ3) is 5.47. The molecule has 4 nitrogen and oxygen atoms in total. The van der Waals surface area contributed by atoms with E-state index in [-0.39, 0.29) is 18.6 Å². The van der Waals surface area contributed by atoms with Crippen LogP contribution in [0.1, 0.15) is 32.8 Å². The fourth-order valence-corrected chi connectivity index (χ4v) is 2.83. The van der Waals surface area contributed by atoms with Gasteiger partial charge in [-0.3, -0.25) is 4.79 Å². The number of fused-ring (bicyclic) bond motifs is 1. The predicted octanol–water partition coefficient (Wildman–Crippen LogP) is 2.92. The molecule has 0 spiro atoms. The third-order valence-corrected chi connectivity index (χ3v) is 3.78. The minimum Gasteiger partial charge on any atom is -0.489 e. The second-order valence-electron chi connectivity index (χ2n) is 6.25. The summed E-state index contributed by atoms with van der Waals surface area (Å²) in [5, 5.41) is 3.12. The number of benzene rings is 1. The minimum absolute atomic E-state index is 0.111. The Hall–Kier alpha value is -0.820. The van der Waals surface area contributed by atoms with Crippen molar-refractivity contribution in [2.45, 2.75) is 45.3 Å². The van der Waals surface area contributed by atoms with E-state index in [2.05, 4.69) is 40.0 Å². The number of carbonyl (C=O) groups excluding carboxylic acids is 1. The average Bonchev–Trinajstić information content (AvgIpc) is 2.36. The van der Waals surface area contributed by atoms with E-state index in [0.717, 1.165) is 18.6 Å². The van der Waals surface area contributed by atoms with E-state index in [4.69, 9.17) is 9.47 Å². The molecule has 5 heteroatoms. The Morgan fingerprint density at radius 2 is 2.24 bits per heavy atom.